The highest BCUT2D eigenvalue weighted by molar-refractivity contribution is 6.47. The van der Waals surface area contributed by atoms with E-state index in [-0.39, 0.29) is 5.56 Å². The van der Waals surface area contributed by atoms with E-state index in [0.29, 0.717) is 16.6 Å². The van der Waals surface area contributed by atoms with Gasteiger partial charge in [-0.3, -0.25) is 14.5 Å². The SMILES string of the molecule is CB(O)n1[nH]c(=O)c2ccc(N)cc21. The zero-order valence-corrected chi connectivity index (χ0v) is 7.69. The van der Waals surface area contributed by atoms with E-state index in [2.05, 4.69) is 5.10 Å². The Morgan fingerprint density at radius 2 is 2.29 bits per heavy atom. The van der Waals surface area contributed by atoms with Crippen molar-refractivity contribution in [2.24, 2.45) is 0 Å². The number of fused-ring (bicyclic) bond motifs is 1. The smallest absolute Gasteiger partial charge is 0.429 e. The van der Waals surface area contributed by atoms with Gasteiger partial charge in [0.25, 0.3) is 5.56 Å². The van der Waals surface area contributed by atoms with E-state index in [0.717, 1.165) is 0 Å². The lowest BCUT2D eigenvalue weighted by Gasteiger charge is -2.03. The number of hydrogen-bond acceptors (Lipinski definition) is 3. The van der Waals surface area contributed by atoms with Crippen molar-refractivity contribution < 1.29 is 5.02 Å². The van der Waals surface area contributed by atoms with Crippen molar-refractivity contribution in [3.8, 4) is 0 Å². The average Bonchev–Trinajstić information content (AvgIpc) is 2.43. The monoisotopic (exact) mass is 191 g/mol. The van der Waals surface area contributed by atoms with Crippen LogP contribution in [-0.2, 0) is 0 Å². The number of rotatable bonds is 1. The van der Waals surface area contributed by atoms with Crippen LogP contribution in [0, 0.1) is 0 Å². The zero-order chi connectivity index (χ0) is 10.3. The number of nitrogens with zero attached hydrogens (tertiary/aromatic N) is 1. The van der Waals surface area contributed by atoms with Gasteiger partial charge >= 0.3 is 7.05 Å². The van der Waals surface area contributed by atoms with Crippen LogP contribution in [0.15, 0.2) is 23.0 Å². The summed E-state index contributed by atoms with van der Waals surface area (Å²) in [4.78, 5) is 11.4. The van der Waals surface area contributed by atoms with Gasteiger partial charge in [-0.05, 0) is 25.0 Å². The molecule has 0 bridgehead atoms. The highest BCUT2D eigenvalue weighted by Crippen LogP contribution is 2.13. The highest BCUT2D eigenvalue weighted by atomic mass is 16.2. The number of anilines is 1. The van der Waals surface area contributed by atoms with E-state index in [1.54, 1.807) is 25.0 Å². The molecule has 0 amide bonds. The molecule has 1 heterocycles. The topological polar surface area (TPSA) is 84.0 Å². The Morgan fingerprint density at radius 1 is 1.57 bits per heavy atom. The standard InChI is InChI=1S/C8H10BN3O2/c1-9(14)12-7-4-5(10)2-3-6(7)8(13)11-12/h2-4,14H,10H2,1H3,(H,11,13). The summed E-state index contributed by atoms with van der Waals surface area (Å²) in [5.41, 5.74) is 6.55. The predicted octanol–water partition coefficient (Wildman–Crippen LogP) is -0.130. The van der Waals surface area contributed by atoms with Crippen LogP contribution in [0.1, 0.15) is 0 Å². The van der Waals surface area contributed by atoms with Crippen molar-refractivity contribution in [1.29, 1.82) is 0 Å². The summed E-state index contributed by atoms with van der Waals surface area (Å²) in [7, 11) is -0.776. The summed E-state index contributed by atoms with van der Waals surface area (Å²) in [6, 6.07) is 4.95. The van der Waals surface area contributed by atoms with Crippen molar-refractivity contribution in [3.63, 3.8) is 0 Å². The van der Waals surface area contributed by atoms with E-state index in [1.807, 2.05) is 0 Å². The van der Waals surface area contributed by atoms with Crippen LogP contribution < -0.4 is 11.3 Å². The summed E-state index contributed by atoms with van der Waals surface area (Å²) in [6.07, 6.45) is 0. The third-order valence-corrected chi connectivity index (χ3v) is 2.12. The molecule has 2 aromatic rings. The molecular weight excluding hydrogens is 181 g/mol. The molecule has 0 spiro atoms. The normalized spacial score (nSPS) is 10.7. The average molecular weight is 191 g/mol. The minimum atomic E-state index is -0.776. The number of H-pyrrole nitrogens is 1. The van der Waals surface area contributed by atoms with Crippen LogP contribution in [-0.4, -0.2) is 21.8 Å². The molecule has 0 saturated carbocycles. The lowest BCUT2D eigenvalue weighted by molar-refractivity contribution is 0.554. The Morgan fingerprint density at radius 3 is 2.93 bits per heavy atom. The van der Waals surface area contributed by atoms with Crippen LogP contribution in [0.4, 0.5) is 5.69 Å². The van der Waals surface area contributed by atoms with Gasteiger partial charge in [0.15, 0.2) is 0 Å². The van der Waals surface area contributed by atoms with E-state index in [1.165, 1.54) is 4.59 Å². The Kier molecular flexibility index (Phi) is 1.85. The van der Waals surface area contributed by atoms with Gasteiger partial charge in [0.05, 0.1) is 10.9 Å². The third kappa shape index (κ3) is 1.20. The van der Waals surface area contributed by atoms with Gasteiger partial charge in [-0.2, -0.15) is 0 Å². The lowest BCUT2D eigenvalue weighted by Crippen LogP contribution is -2.22. The third-order valence-electron chi connectivity index (χ3n) is 2.12. The predicted molar refractivity (Wildman–Crippen MR) is 56.2 cm³/mol. The Labute approximate surface area is 80.3 Å². The number of aromatic amines is 1. The number of nitrogen functional groups attached to an aromatic ring is 1. The molecule has 6 heteroatoms. The quantitative estimate of drug-likeness (QED) is 0.433. The van der Waals surface area contributed by atoms with Crippen LogP contribution in [0.2, 0.25) is 6.82 Å². The van der Waals surface area contributed by atoms with Crippen molar-refractivity contribution in [3.05, 3.63) is 28.6 Å². The Balaban J connectivity index is 2.86. The van der Waals surface area contributed by atoms with E-state index in [9.17, 15) is 9.82 Å². The van der Waals surface area contributed by atoms with Crippen molar-refractivity contribution in [1.82, 2.24) is 9.69 Å². The second-order valence-electron chi connectivity index (χ2n) is 3.22. The maximum Gasteiger partial charge on any atom is 0.429 e. The first-order chi connectivity index (χ1) is 6.59. The van der Waals surface area contributed by atoms with Crippen LogP contribution in [0.25, 0.3) is 10.9 Å². The zero-order valence-electron chi connectivity index (χ0n) is 7.69. The fraction of sp³-hybridized carbons (Fsp3) is 0.125. The maximum atomic E-state index is 11.4. The first kappa shape index (κ1) is 8.89. The summed E-state index contributed by atoms with van der Waals surface area (Å²) < 4.78 is 1.38. The molecule has 0 radical (unpaired) electrons. The van der Waals surface area contributed by atoms with E-state index in [4.69, 9.17) is 5.73 Å². The number of aromatic nitrogens is 2. The van der Waals surface area contributed by atoms with Crippen molar-refractivity contribution in [2.75, 3.05) is 5.73 Å². The van der Waals surface area contributed by atoms with Gasteiger partial charge in [0, 0.05) is 5.69 Å². The molecule has 2 rings (SSSR count). The van der Waals surface area contributed by atoms with Crippen LogP contribution >= 0.6 is 0 Å². The number of hydrogen-bond donors (Lipinski definition) is 3. The van der Waals surface area contributed by atoms with Gasteiger partial charge < -0.3 is 10.8 Å². The minimum Gasteiger partial charge on any atom is -0.431 e. The molecule has 0 fully saturated rings. The van der Waals surface area contributed by atoms with Gasteiger partial charge in [0.2, 0.25) is 0 Å². The maximum absolute atomic E-state index is 11.4. The summed E-state index contributed by atoms with van der Waals surface area (Å²) in [6.45, 7) is 1.57. The van der Waals surface area contributed by atoms with Crippen LogP contribution in [0.5, 0.6) is 0 Å². The first-order valence-electron chi connectivity index (χ1n) is 4.27. The molecule has 0 aliphatic heterocycles. The largest absolute Gasteiger partial charge is 0.431 e. The summed E-state index contributed by atoms with van der Waals surface area (Å²) in [5, 5.41) is 12.4. The molecule has 0 atom stereocenters. The molecule has 1 aromatic heterocycles. The Bertz CT molecular complexity index is 529. The molecular formula is C8H10BN3O2. The molecule has 0 saturated heterocycles. The molecule has 0 unspecified atom stereocenters. The second-order valence-corrected chi connectivity index (χ2v) is 3.22. The molecule has 1 aromatic carbocycles. The number of nitrogens with one attached hydrogen (secondary N) is 1. The van der Waals surface area contributed by atoms with Gasteiger partial charge in [-0.1, -0.05) is 0 Å². The van der Waals surface area contributed by atoms with Gasteiger partial charge in [0.1, 0.15) is 0 Å². The molecule has 72 valence electrons. The highest BCUT2D eigenvalue weighted by Gasteiger charge is 2.13. The molecule has 4 N–H and O–H groups in total. The number of nitrogens with two attached hydrogens (primary N) is 1. The minimum absolute atomic E-state index is 0.221. The fourth-order valence-electron chi connectivity index (χ4n) is 1.46. The fourth-order valence-corrected chi connectivity index (χ4v) is 1.46. The molecule has 5 nitrogen and oxygen atoms in total. The van der Waals surface area contributed by atoms with E-state index < -0.39 is 7.05 Å². The van der Waals surface area contributed by atoms with Gasteiger partial charge in [-0.25, -0.2) is 0 Å². The molecule has 0 aliphatic rings. The van der Waals surface area contributed by atoms with Gasteiger partial charge in [-0.15, -0.1) is 0 Å². The molecule has 0 aliphatic carbocycles. The Hall–Kier alpha value is -1.69. The summed E-state index contributed by atoms with van der Waals surface area (Å²) >= 11 is 0. The molecule has 14 heavy (non-hydrogen) atoms. The summed E-state index contributed by atoms with van der Waals surface area (Å²) in [5.74, 6) is 0. The van der Waals surface area contributed by atoms with Crippen molar-refractivity contribution >= 4 is 23.6 Å². The van der Waals surface area contributed by atoms with Crippen molar-refractivity contribution in [2.45, 2.75) is 6.82 Å². The van der Waals surface area contributed by atoms with Crippen LogP contribution in [0.3, 0.4) is 0 Å². The van der Waals surface area contributed by atoms with E-state index >= 15 is 0 Å². The second kappa shape index (κ2) is 2.92. The first-order valence-corrected chi connectivity index (χ1v) is 4.27. The number of benzene rings is 1. The lowest BCUT2D eigenvalue weighted by atomic mass is 9.89.